The molecule has 4 nitrogen and oxygen atoms in total. The number of hydrogen-bond donors (Lipinski definition) is 1. The van der Waals surface area contributed by atoms with E-state index in [4.69, 9.17) is 16.3 Å². The minimum atomic E-state index is -0.00154. The molecule has 0 radical (unpaired) electrons. The maximum atomic E-state index is 12.6. The van der Waals surface area contributed by atoms with E-state index in [0.717, 1.165) is 32.5 Å². The van der Waals surface area contributed by atoms with Gasteiger partial charge in [0.2, 0.25) is 5.91 Å². The highest BCUT2D eigenvalue weighted by Gasteiger charge is 2.26. The molecule has 0 saturated carbocycles. The van der Waals surface area contributed by atoms with E-state index in [0.29, 0.717) is 16.5 Å². The maximum Gasteiger partial charge on any atom is 0.228 e. The van der Waals surface area contributed by atoms with Gasteiger partial charge in [-0.2, -0.15) is 0 Å². The topological polar surface area (TPSA) is 41.6 Å². The van der Waals surface area contributed by atoms with Crippen LogP contribution in [0.15, 0.2) is 48.5 Å². The van der Waals surface area contributed by atoms with Crippen molar-refractivity contribution in [2.45, 2.75) is 19.4 Å². The summed E-state index contributed by atoms with van der Waals surface area (Å²) in [7, 11) is 1.57. The number of amides is 1. The average molecular weight is 359 g/mol. The van der Waals surface area contributed by atoms with Crippen molar-refractivity contribution in [1.29, 1.82) is 0 Å². The van der Waals surface area contributed by atoms with Gasteiger partial charge in [0.15, 0.2) is 0 Å². The molecule has 1 saturated heterocycles. The number of carbonyl (C=O) groups excluding carboxylic acids is 1. The number of methoxy groups -OCH3 is 1. The molecule has 1 atom stereocenters. The highest BCUT2D eigenvalue weighted by atomic mass is 35.5. The van der Waals surface area contributed by atoms with Crippen LogP contribution in [0.25, 0.3) is 0 Å². The molecule has 25 heavy (non-hydrogen) atoms. The first kappa shape index (κ1) is 17.8. The van der Waals surface area contributed by atoms with Crippen LogP contribution in [0.2, 0.25) is 5.02 Å². The zero-order valence-electron chi connectivity index (χ0n) is 14.4. The van der Waals surface area contributed by atoms with Crippen molar-refractivity contribution in [3.8, 4) is 5.75 Å². The molecule has 2 aromatic rings. The van der Waals surface area contributed by atoms with Crippen molar-refractivity contribution in [3.05, 3.63) is 59.1 Å². The summed E-state index contributed by atoms with van der Waals surface area (Å²) in [6.07, 6.45) is 1.95. The van der Waals surface area contributed by atoms with Gasteiger partial charge in [-0.05, 0) is 43.1 Å². The number of hydrogen-bond acceptors (Lipinski definition) is 3. The molecule has 1 amide bonds. The van der Waals surface area contributed by atoms with Gasteiger partial charge >= 0.3 is 0 Å². The van der Waals surface area contributed by atoms with Crippen LogP contribution in [0.5, 0.6) is 5.75 Å². The van der Waals surface area contributed by atoms with E-state index in [2.05, 4.69) is 34.5 Å². The van der Waals surface area contributed by atoms with Crippen LogP contribution >= 0.6 is 11.6 Å². The Morgan fingerprint density at radius 1 is 1.28 bits per heavy atom. The van der Waals surface area contributed by atoms with E-state index < -0.39 is 0 Å². The molecule has 0 aliphatic carbocycles. The summed E-state index contributed by atoms with van der Waals surface area (Å²) in [5.41, 5.74) is 1.99. The molecule has 1 aliphatic rings. The molecule has 0 spiro atoms. The maximum absolute atomic E-state index is 12.6. The van der Waals surface area contributed by atoms with Gasteiger partial charge in [0.25, 0.3) is 0 Å². The summed E-state index contributed by atoms with van der Waals surface area (Å²) < 4.78 is 5.14. The van der Waals surface area contributed by atoms with E-state index in [-0.39, 0.29) is 11.8 Å². The fourth-order valence-electron chi connectivity index (χ4n) is 3.24. The predicted octanol–water partition coefficient (Wildman–Crippen LogP) is 4.20. The van der Waals surface area contributed by atoms with Crippen molar-refractivity contribution >= 4 is 23.2 Å². The smallest absolute Gasteiger partial charge is 0.228 e. The van der Waals surface area contributed by atoms with Gasteiger partial charge in [-0.3, -0.25) is 9.69 Å². The summed E-state index contributed by atoms with van der Waals surface area (Å²) in [4.78, 5) is 15.0. The number of benzene rings is 2. The van der Waals surface area contributed by atoms with Gasteiger partial charge in [-0.15, -0.1) is 0 Å². The highest BCUT2D eigenvalue weighted by Crippen LogP contribution is 2.28. The Morgan fingerprint density at radius 3 is 2.80 bits per heavy atom. The third-order valence-corrected chi connectivity index (χ3v) is 4.84. The molecule has 0 bridgehead atoms. The third kappa shape index (κ3) is 4.74. The van der Waals surface area contributed by atoms with Crippen LogP contribution < -0.4 is 10.1 Å². The second-order valence-electron chi connectivity index (χ2n) is 6.40. The third-order valence-electron chi connectivity index (χ3n) is 4.54. The fraction of sp³-hybridized carbons (Fsp3) is 0.350. The number of rotatable bonds is 5. The van der Waals surface area contributed by atoms with Crippen molar-refractivity contribution in [2.75, 3.05) is 25.5 Å². The minimum absolute atomic E-state index is 0.00154. The Kier molecular flexibility index (Phi) is 5.95. The number of nitrogens with one attached hydrogen (secondary N) is 1. The largest absolute Gasteiger partial charge is 0.495 e. The lowest BCUT2D eigenvalue weighted by Gasteiger charge is -2.32. The molecule has 2 aromatic carbocycles. The first-order valence-electron chi connectivity index (χ1n) is 8.56. The lowest BCUT2D eigenvalue weighted by Crippen LogP contribution is -2.40. The highest BCUT2D eigenvalue weighted by molar-refractivity contribution is 6.32. The Bertz CT molecular complexity index is 721. The molecule has 3 rings (SSSR count). The molecule has 1 N–H and O–H groups in total. The van der Waals surface area contributed by atoms with Gasteiger partial charge < -0.3 is 10.1 Å². The summed E-state index contributed by atoms with van der Waals surface area (Å²) in [5.74, 6) is 0.656. The standard InChI is InChI=1S/C20H23ClN2O2/c1-25-19-10-9-17(12-18(19)21)22-20(24)16-8-5-11-23(14-16)13-15-6-3-2-4-7-15/h2-4,6-7,9-10,12,16H,5,8,11,13-14H2,1H3,(H,22,24)/t16-/m1/s1. The Hall–Kier alpha value is -2.04. The first-order chi connectivity index (χ1) is 12.2. The van der Waals surface area contributed by atoms with Gasteiger partial charge in [0.1, 0.15) is 5.75 Å². The monoisotopic (exact) mass is 358 g/mol. The zero-order valence-corrected chi connectivity index (χ0v) is 15.1. The second-order valence-corrected chi connectivity index (χ2v) is 6.81. The van der Waals surface area contributed by atoms with Gasteiger partial charge in [-0.25, -0.2) is 0 Å². The molecular weight excluding hydrogens is 336 g/mol. The summed E-state index contributed by atoms with van der Waals surface area (Å²) in [6, 6.07) is 15.7. The van der Waals surface area contributed by atoms with Gasteiger partial charge in [-0.1, -0.05) is 41.9 Å². The van der Waals surface area contributed by atoms with E-state index in [1.807, 2.05) is 12.1 Å². The Morgan fingerprint density at radius 2 is 2.08 bits per heavy atom. The molecule has 5 heteroatoms. The molecular formula is C20H23ClN2O2. The van der Waals surface area contributed by atoms with Gasteiger partial charge in [0.05, 0.1) is 18.1 Å². The Labute approximate surface area is 153 Å². The van der Waals surface area contributed by atoms with Crippen LogP contribution in [-0.2, 0) is 11.3 Å². The van der Waals surface area contributed by atoms with E-state index in [1.54, 1.807) is 19.2 Å². The normalized spacial score (nSPS) is 17.9. The van der Waals surface area contributed by atoms with E-state index in [9.17, 15) is 4.79 Å². The molecule has 0 unspecified atom stereocenters. The Balaban J connectivity index is 1.59. The SMILES string of the molecule is COc1ccc(NC(=O)[C@@H]2CCCN(Cc3ccccc3)C2)cc1Cl. The van der Waals surface area contributed by atoms with Crippen molar-refractivity contribution in [3.63, 3.8) is 0 Å². The van der Waals surface area contributed by atoms with Crippen molar-refractivity contribution in [2.24, 2.45) is 5.92 Å². The number of likely N-dealkylation sites (tertiary alicyclic amines) is 1. The van der Waals surface area contributed by atoms with Crippen molar-refractivity contribution < 1.29 is 9.53 Å². The second kappa shape index (κ2) is 8.37. The lowest BCUT2D eigenvalue weighted by molar-refractivity contribution is -0.121. The molecule has 1 fully saturated rings. The summed E-state index contributed by atoms with van der Waals surface area (Å²) in [5, 5.41) is 3.48. The summed E-state index contributed by atoms with van der Waals surface area (Å²) >= 11 is 6.13. The average Bonchev–Trinajstić information content (AvgIpc) is 2.63. The summed E-state index contributed by atoms with van der Waals surface area (Å²) in [6.45, 7) is 2.70. The minimum Gasteiger partial charge on any atom is -0.495 e. The molecule has 132 valence electrons. The fourth-order valence-corrected chi connectivity index (χ4v) is 3.50. The quantitative estimate of drug-likeness (QED) is 0.870. The first-order valence-corrected chi connectivity index (χ1v) is 8.94. The molecule has 1 aliphatic heterocycles. The number of ether oxygens (including phenoxy) is 1. The molecule has 0 aromatic heterocycles. The van der Waals surface area contributed by atoms with E-state index in [1.165, 1.54) is 5.56 Å². The van der Waals surface area contributed by atoms with Crippen LogP contribution in [0.3, 0.4) is 0 Å². The van der Waals surface area contributed by atoms with E-state index >= 15 is 0 Å². The number of piperidine rings is 1. The zero-order chi connectivity index (χ0) is 17.6. The number of halogens is 1. The lowest BCUT2D eigenvalue weighted by atomic mass is 9.96. The van der Waals surface area contributed by atoms with Crippen LogP contribution in [0, 0.1) is 5.92 Å². The number of anilines is 1. The van der Waals surface area contributed by atoms with Crippen LogP contribution in [0.4, 0.5) is 5.69 Å². The predicted molar refractivity (Wildman–Crippen MR) is 101 cm³/mol. The number of nitrogens with zero attached hydrogens (tertiary/aromatic N) is 1. The van der Waals surface area contributed by atoms with Crippen LogP contribution in [-0.4, -0.2) is 31.0 Å². The number of carbonyl (C=O) groups is 1. The van der Waals surface area contributed by atoms with Crippen molar-refractivity contribution in [1.82, 2.24) is 4.90 Å². The van der Waals surface area contributed by atoms with Gasteiger partial charge in [0, 0.05) is 18.8 Å². The van der Waals surface area contributed by atoms with Crippen LogP contribution in [0.1, 0.15) is 18.4 Å². The molecule has 1 heterocycles.